The molecule has 4 aliphatic heterocycles. The van der Waals surface area contributed by atoms with Crippen LogP contribution in [0.4, 0.5) is 0 Å². The fourth-order valence-electron chi connectivity index (χ4n) is 14.3. The lowest BCUT2D eigenvalue weighted by Gasteiger charge is -2.64. The molecule has 0 spiro atoms. The van der Waals surface area contributed by atoms with Crippen LogP contribution in [0.3, 0.4) is 0 Å². The van der Waals surface area contributed by atoms with Gasteiger partial charge in [0.1, 0.15) is 36.6 Å². The maximum absolute atomic E-state index is 12.4. The van der Waals surface area contributed by atoms with Crippen LogP contribution >= 0.6 is 0 Å². The molecule has 8 rings (SSSR count). The minimum atomic E-state index is -1.23. The Morgan fingerprint density at radius 3 is 1.66 bits per heavy atom. The van der Waals surface area contributed by atoms with Crippen molar-refractivity contribution in [2.24, 2.45) is 28.6 Å². The number of ether oxygens (including phenoxy) is 12. The summed E-state index contributed by atoms with van der Waals surface area (Å²) in [5.41, 5.74) is -1.45. The third-order valence-electron chi connectivity index (χ3n) is 18.1. The van der Waals surface area contributed by atoms with Gasteiger partial charge < -0.3 is 87.5 Å². The molecule has 4 heterocycles. The Labute approximate surface area is 396 Å². The maximum Gasteiger partial charge on any atom is 0.187 e. The van der Waals surface area contributed by atoms with E-state index < -0.39 is 133 Å². The number of methoxy groups -OCH3 is 4. The van der Waals surface area contributed by atoms with E-state index in [2.05, 4.69) is 13.0 Å². The molecular formula is C49H82O18. The number of aliphatic hydroxyl groups excluding tert-OH is 5. The van der Waals surface area contributed by atoms with Crippen LogP contribution in [0.2, 0.25) is 0 Å². The van der Waals surface area contributed by atoms with Crippen LogP contribution in [0.25, 0.3) is 0 Å². The van der Waals surface area contributed by atoms with Gasteiger partial charge in [-0.3, -0.25) is 0 Å². The number of hydrogen-bond acceptors (Lipinski definition) is 18. The molecule has 0 amide bonds. The first-order valence-corrected chi connectivity index (χ1v) is 24.9. The highest BCUT2D eigenvalue weighted by Crippen LogP contribution is 2.68. The fraction of sp³-hybridized carbons (Fsp3) is 0.959. The lowest BCUT2D eigenvalue weighted by Crippen LogP contribution is -2.71. The minimum absolute atomic E-state index is 0.134. The molecule has 7 fully saturated rings. The molecule has 67 heavy (non-hydrogen) atoms. The second-order valence-electron chi connectivity index (χ2n) is 21.6. The summed E-state index contributed by atoms with van der Waals surface area (Å²) in [7, 11) is 6.30. The van der Waals surface area contributed by atoms with Crippen molar-refractivity contribution in [2.45, 2.75) is 241 Å². The van der Waals surface area contributed by atoms with Crippen LogP contribution < -0.4 is 0 Å². The number of hydrogen-bond donors (Lipinski definition) is 6. The Bertz CT molecular complexity index is 1690. The van der Waals surface area contributed by atoms with Gasteiger partial charge in [-0.05, 0) is 90.4 Å². The smallest absolute Gasteiger partial charge is 0.187 e. The Balaban J connectivity index is 0.844. The first-order chi connectivity index (χ1) is 31.7. The SMILES string of the molecule is COC1CC(OC2CCC3(C)C(=CCC4C3C(O)C(O)C3(C)C(C(C)O)CCC43O)C2)OC(C)C1OC1CC(OC)C(OC2CC(OC)C(OC3OC(C)C(O)C(OC)C3O)C(C)O2)C(C)O1. The molecule has 3 saturated carbocycles. The van der Waals surface area contributed by atoms with Crippen LogP contribution in [-0.4, -0.2) is 194 Å². The van der Waals surface area contributed by atoms with E-state index in [9.17, 15) is 30.6 Å². The number of aliphatic hydroxyl groups is 6. The van der Waals surface area contributed by atoms with Crippen molar-refractivity contribution in [1.29, 1.82) is 0 Å². The summed E-state index contributed by atoms with van der Waals surface area (Å²) in [5, 5.41) is 68.1. The zero-order valence-electron chi connectivity index (χ0n) is 41.4. The molecule has 27 atom stereocenters. The molecule has 0 aromatic carbocycles. The van der Waals surface area contributed by atoms with Gasteiger partial charge in [0.15, 0.2) is 25.2 Å². The van der Waals surface area contributed by atoms with Crippen LogP contribution in [0.15, 0.2) is 11.6 Å². The molecule has 0 radical (unpaired) electrons. The number of allylic oxidation sites excluding steroid dienone is 1. The molecule has 4 saturated heterocycles. The standard InChI is InChI=1S/C49H82O18/c1-22(50)29-15-17-49(55)30-13-12-27-18-28(14-16-47(27,6)37(30)39(52)45(54)48(29,49)7)64-34-19-31(56-8)41(24(3)60-34)65-35-20-32(57-9)42(25(4)61-35)66-36-21-33(58-10)43(26(5)62-36)67-46-40(53)44(59-11)38(51)23(2)63-46/h12,22-26,28-46,50-55H,13-21H2,1-11H3. The third kappa shape index (κ3) is 9.26. The van der Waals surface area contributed by atoms with Gasteiger partial charge in [-0.25, -0.2) is 0 Å². The molecule has 0 bridgehead atoms. The molecule has 6 N–H and O–H groups in total. The normalized spacial score (nSPS) is 54.1. The molecule has 27 unspecified atom stereocenters. The van der Waals surface area contributed by atoms with E-state index in [0.717, 1.165) is 12.8 Å². The highest BCUT2D eigenvalue weighted by Gasteiger charge is 2.73. The molecule has 18 nitrogen and oxygen atoms in total. The van der Waals surface area contributed by atoms with Gasteiger partial charge in [0.05, 0.1) is 72.7 Å². The molecule has 0 aromatic rings. The first-order valence-electron chi connectivity index (χ1n) is 24.9. The molecule has 18 heteroatoms. The van der Waals surface area contributed by atoms with E-state index >= 15 is 0 Å². The predicted octanol–water partition coefficient (Wildman–Crippen LogP) is 2.47. The predicted molar refractivity (Wildman–Crippen MR) is 237 cm³/mol. The zero-order valence-corrected chi connectivity index (χ0v) is 41.4. The number of rotatable bonds is 13. The Hall–Kier alpha value is -0.980. The fourth-order valence-corrected chi connectivity index (χ4v) is 14.3. The number of fused-ring (bicyclic) bond motifs is 5. The van der Waals surface area contributed by atoms with Crippen molar-refractivity contribution < 1.29 is 87.5 Å². The molecule has 8 aliphatic rings. The molecule has 4 aliphatic carbocycles. The van der Waals surface area contributed by atoms with Crippen molar-refractivity contribution >= 4 is 0 Å². The first kappa shape index (κ1) is 52.3. The van der Waals surface area contributed by atoms with Gasteiger partial charge in [-0.1, -0.05) is 25.5 Å². The van der Waals surface area contributed by atoms with Gasteiger partial charge in [-0.15, -0.1) is 0 Å². The van der Waals surface area contributed by atoms with Crippen molar-refractivity contribution in [3.05, 3.63) is 11.6 Å². The monoisotopic (exact) mass is 959 g/mol. The topological polar surface area (TPSA) is 232 Å². The molecule has 0 aromatic heterocycles. The highest BCUT2D eigenvalue weighted by molar-refractivity contribution is 5.31. The van der Waals surface area contributed by atoms with Gasteiger partial charge in [0.2, 0.25) is 0 Å². The van der Waals surface area contributed by atoms with Gasteiger partial charge in [0.25, 0.3) is 0 Å². The molecular weight excluding hydrogens is 877 g/mol. The summed E-state index contributed by atoms with van der Waals surface area (Å²) in [6, 6.07) is 0. The average molecular weight is 959 g/mol. The quantitative estimate of drug-likeness (QED) is 0.146. The minimum Gasteiger partial charge on any atom is -0.393 e. The van der Waals surface area contributed by atoms with Crippen LogP contribution in [0.1, 0.15) is 106 Å². The average Bonchev–Trinajstić information content (AvgIpc) is 3.58. The second kappa shape index (κ2) is 20.5. The lowest BCUT2D eigenvalue weighted by atomic mass is 9.44. The maximum atomic E-state index is 12.4. The van der Waals surface area contributed by atoms with E-state index in [-0.39, 0.29) is 30.0 Å². The summed E-state index contributed by atoms with van der Waals surface area (Å²) in [4.78, 5) is 0. The third-order valence-corrected chi connectivity index (χ3v) is 18.1. The van der Waals surface area contributed by atoms with E-state index in [4.69, 9.17) is 56.8 Å². The van der Waals surface area contributed by atoms with E-state index in [1.165, 1.54) is 12.7 Å². The van der Waals surface area contributed by atoms with Crippen molar-refractivity contribution in [1.82, 2.24) is 0 Å². The Morgan fingerprint density at radius 2 is 1.15 bits per heavy atom. The second-order valence-corrected chi connectivity index (χ2v) is 21.6. The summed E-state index contributed by atoms with van der Waals surface area (Å²) in [6.07, 6.45) is -6.79. The largest absolute Gasteiger partial charge is 0.393 e. The van der Waals surface area contributed by atoms with Crippen LogP contribution in [0, 0.1) is 28.6 Å². The van der Waals surface area contributed by atoms with Gasteiger partial charge in [0, 0.05) is 59.0 Å². The van der Waals surface area contributed by atoms with Crippen molar-refractivity contribution in [2.75, 3.05) is 28.4 Å². The Morgan fingerprint density at radius 1 is 0.627 bits per heavy atom. The Kier molecular flexibility index (Phi) is 16.0. The van der Waals surface area contributed by atoms with Gasteiger partial charge in [-0.2, -0.15) is 0 Å². The van der Waals surface area contributed by atoms with Crippen molar-refractivity contribution in [3.8, 4) is 0 Å². The zero-order chi connectivity index (χ0) is 48.5. The summed E-state index contributed by atoms with van der Waals surface area (Å²) in [5.74, 6) is -0.869. The van der Waals surface area contributed by atoms with E-state index in [1.807, 2.05) is 27.7 Å². The summed E-state index contributed by atoms with van der Waals surface area (Å²) >= 11 is 0. The highest BCUT2D eigenvalue weighted by atomic mass is 16.8. The molecule has 386 valence electrons. The summed E-state index contributed by atoms with van der Waals surface area (Å²) < 4.78 is 74.5. The lowest BCUT2D eigenvalue weighted by molar-refractivity contribution is -0.355. The van der Waals surface area contributed by atoms with Crippen LogP contribution in [-0.2, 0) is 56.8 Å². The van der Waals surface area contributed by atoms with E-state index in [1.54, 1.807) is 35.2 Å². The van der Waals surface area contributed by atoms with Gasteiger partial charge >= 0.3 is 0 Å². The van der Waals surface area contributed by atoms with Crippen LogP contribution in [0.5, 0.6) is 0 Å². The van der Waals surface area contributed by atoms with Crippen molar-refractivity contribution in [3.63, 3.8) is 0 Å². The van der Waals surface area contributed by atoms with E-state index in [0.29, 0.717) is 44.9 Å². The summed E-state index contributed by atoms with van der Waals surface area (Å²) in [6.45, 7) is 13.2.